The van der Waals surface area contributed by atoms with E-state index in [9.17, 15) is 4.79 Å². The monoisotopic (exact) mass is 340 g/mol. The van der Waals surface area contributed by atoms with Gasteiger partial charge >= 0.3 is 0 Å². The normalized spacial score (nSPS) is 18.9. The highest BCUT2D eigenvalue weighted by Gasteiger charge is 2.30. The maximum atomic E-state index is 13.0. The maximum Gasteiger partial charge on any atom is 0.254 e. The minimum atomic E-state index is 0.0764. The van der Waals surface area contributed by atoms with Gasteiger partial charge in [0.15, 0.2) is 5.65 Å². The molecular weight excluding hydrogens is 312 g/mol. The molecule has 2 aromatic rings. The Hall–Kier alpha value is -1.91. The van der Waals surface area contributed by atoms with Crippen LogP contribution in [0.4, 0.5) is 0 Å². The first-order valence-electron chi connectivity index (χ1n) is 9.71. The van der Waals surface area contributed by atoms with Crippen LogP contribution < -0.4 is 0 Å². The predicted molar refractivity (Wildman–Crippen MR) is 98.9 cm³/mol. The highest BCUT2D eigenvalue weighted by atomic mass is 16.2. The van der Waals surface area contributed by atoms with E-state index in [0.29, 0.717) is 12.0 Å². The van der Waals surface area contributed by atoms with Gasteiger partial charge in [0, 0.05) is 24.7 Å². The number of carbonyl (C=O) groups excluding carboxylic acids is 1. The molecule has 2 heterocycles. The Morgan fingerprint density at radius 1 is 1.20 bits per heavy atom. The molecule has 0 unspecified atom stereocenters. The van der Waals surface area contributed by atoms with E-state index in [-0.39, 0.29) is 11.9 Å². The van der Waals surface area contributed by atoms with Crippen LogP contribution in [0.2, 0.25) is 0 Å². The summed E-state index contributed by atoms with van der Waals surface area (Å²) in [6.45, 7) is 4.09. The van der Waals surface area contributed by atoms with Gasteiger partial charge in [0.05, 0.1) is 23.2 Å². The molecule has 0 aliphatic heterocycles. The molecule has 0 spiro atoms. The molecule has 25 heavy (non-hydrogen) atoms. The van der Waals surface area contributed by atoms with Gasteiger partial charge in [-0.25, -0.2) is 9.67 Å². The highest BCUT2D eigenvalue weighted by molar-refractivity contribution is 6.05. The molecule has 2 saturated carbocycles. The molecule has 2 aliphatic carbocycles. The number of nitrogens with zero attached hydrogens (tertiary/aromatic N) is 4. The van der Waals surface area contributed by atoms with Crippen molar-refractivity contribution in [2.24, 2.45) is 0 Å². The minimum absolute atomic E-state index is 0.0764. The molecular formula is C20H28N4O. The number of aromatic nitrogens is 3. The highest BCUT2D eigenvalue weighted by Crippen LogP contribution is 2.41. The molecule has 4 rings (SSSR count). The van der Waals surface area contributed by atoms with Crippen molar-refractivity contribution in [2.75, 3.05) is 7.05 Å². The van der Waals surface area contributed by atoms with Gasteiger partial charge in [0.2, 0.25) is 0 Å². The summed E-state index contributed by atoms with van der Waals surface area (Å²) in [5, 5.41) is 5.58. The Morgan fingerprint density at radius 3 is 2.56 bits per heavy atom. The van der Waals surface area contributed by atoms with E-state index in [1.54, 1.807) is 0 Å². The molecule has 0 radical (unpaired) electrons. The van der Waals surface area contributed by atoms with Crippen LogP contribution in [0.5, 0.6) is 0 Å². The number of pyridine rings is 1. The maximum absolute atomic E-state index is 13.0. The average Bonchev–Trinajstić information content (AvgIpc) is 3.39. The second-order valence-corrected chi connectivity index (χ2v) is 8.00. The first-order chi connectivity index (χ1) is 12.1. The van der Waals surface area contributed by atoms with Gasteiger partial charge in [-0.2, -0.15) is 5.10 Å². The lowest BCUT2D eigenvalue weighted by molar-refractivity contribution is 0.0756. The van der Waals surface area contributed by atoms with Gasteiger partial charge in [-0.1, -0.05) is 19.3 Å². The summed E-state index contributed by atoms with van der Waals surface area (Å²) in [6, 6.07) is 2.63. The number of hydrogen-bond acceptors (Lipinski definition) is 3. The van der Waals surface area contributed by atoms with E-state index in [1.165, 1.54) is 44.9 Å². The predicted octanol–water partition coefficient (Wildman–Crippen LogP) is 4.29. The number of fused-ring (bicyclic) bond motifs is 1. The molecule has 0 aromatic carbocycles. The molecule has 1 amide bonds. The van der Waals surface area contributed by atoms with E-state index in [1.807, 2.05) is 38.1 Å². The summed E-state index contributed by atoms with van der Waals surface area (Å²) in [6.07, 6.45) is 10.4. The summed E-state index contributed by atoms with van der Waals surface area (Å²) in [4.78, 5) is 19.8. The van der Waals surface area contributed by atoms with Crippen molar-refractivity contribution < 1.29 is 4.79 Å². The van der Waals surface area contributed by atoms with Crippen molar-refractivity contribution in [2.45, 2.75) is 76.8 Å². The lowest BCUT2D eigenvalue weighted by Gasteiger charge is -2.23. The van der Waals surface area contributed by atoms with Crippen LogP contribution in [0.3, 0.4) is 0 Å². The Labute approximate surface area is 149 Å². The summed E-state index contributed by atoms with van der Waals surface area (Å²) in [7, 11) is 1.88. The fourth-order valence-electron chi connectivity index (χ4n) is 3.82. The number of hydrogen-bond donors (Lipinski definition) is 0. The number of rotatable bonds is 4. The fraction of sp³-hybridized carbons (Fsp3) is 0.650. The van der Waals surface area contributed by atoms with Crippen molar-refractivity contribution in [3.8, 4) is 0 Å². The third kappa shape index (κ3) is 3.05. The number of carbonyl (C=O) groups is 1. The van der Waals surface area contributed by atoms with Gasteiger partial charge in [0.1, 0.15) is 0 Å². The molecule has 2 fully saturated rings. The molecule has 5 heteroatoms. The standard InChI is InChI=1S/C20H28N4O/c1-13(2)23(3)20(25)16-11-18(14-9-10-14)22-19-17(16)12-21-24(19)15-7-5-4-6-8-15/h11-15H,4-10H2,1-3H3. The van der Waals surface area contributed by atoms with Crippen LogP contribution in [0, 0.1) is 0 Å². The van der Waals surface area contributed by atoms with Crippen LogP contribution in [-0.2, 0) is 0 Å². The zero-order valence-electron chi connectivity index (χ0n) is 15.5. The van der Waals surface area contributed by atoms with E-state index >= 15 is 0 Å². The Morgan fingerprint density at radius 2 is 1.92 bits per heavy atom. The molecule has 0 N–H and O–H groups in total. The molecule has 0 saturated heterocycles. The van der Waals surface area contributed by atoms with Crippen LogP contribution in [0.1, 0.15) is 86.8 Å². The van der Waals surface area contributed by atoms with Gasteiger partial charge < -0.3 is 4.90 Å². The first kappa shape index (κ1) is 16.6. The lowest BCUT2D eigenvalue weighted by Crippen LogP contribution is -2.33. The van der Waals surface area contributed by atoms with E-state index in [0.717, 1.165) is 22.3 Å². The Bertz CT molecular complexity index is 784. The van der Waals surface area contributed by atoms with Crippen molar-refractivity contribution in [3.63, 3.8) is 0 Å². The zero-order valence-corrected chi connectivity index (χ0v) is 15.5. The minimum Gasteiger partial charge on any atom is -0.339 e. The van der Waals surface area contributed by atoms with Crippen LogP contribution in [0.25, 0.3) is 11.0 Å². The van der Waals surface area contributed by atoms with Crippen LogP contribution in [0.15, 0.2) is 12.3 Å². The number of amides is 1. The molecule has 5 nitrogen and oxygen atoms in total. The molecule has 2 aromatic heterocycles. The van der Waals surface area contributed by atoms with E-state index < -0.39 is 0 Å². The third-order valence-corrected chi connectivity index (χ3v) is 5.83. The van der Waals surface area contributed by atoms with Gasteiger partial charge in [-0.15, -0.1) is 0 Å². The zero-order chi connectivity index (χ0) is 17.6. The molecule has 0 atom stereocenters. The third-order valence-electron chi connectivity index (χ3n) is 5.83. The topological polar surface area (TPSA) is 51.0 Å². The molecule has 134 valence electrons. The van der Waals surface area contributed by atoms with Gasteiger partial charge in [0.25, 0.3) is 5.91 Å². The van der Waals surface area contributed by atoms with Crippen molar-refractivity contribution >= 4 is 16.9 Å². The van der Waals surface area contributed by atoms with Gasteiger partial charge in [-0.05, 0) is 45.6 Å². The summed E-state index contributed by atoms with van der Waals surface area (Å²) in [5.41, 5.74) is 2.76. The smallest absolute Gasteiger partial charge is 0.254 e. The van der Waals surface area contributed by atoms with Crippen molar-refractivity contribution in [1.29, 1.82) is 0 Å². The largest absolute Gasteiger partial charge is 0.339 e. The Balaban J connectivity index is 1.81. The molecule has 0 bridgehead atoms. The van der Waals surface area contributed by atoms with E-state index in [2.05, 4.69) is 9.78 Å². The quantitative estimate of drug-likeness (QED) is 0.834. The average molecular weight is 340 g/mol. The van der Waals surface area contributed by atoms with Crippen LogP contribution >= 0.6 is 0 Å². The van der Waals surface area contributed by atoms with Crippen molar-refractivity contribution in [3.05, 3.63) is 23.5 Å². The van der Waals surface area contributed by atoms with E-state index in [4.69, 9.17) is 4.98 Å². The van der Waals surface area contributed by atoms with Crippen molar-refractivity contribution in [1.82, 2.24) is 19.7 Å². The molecule has 2 aliphatic rings. The Kier molecular flexibility index (Phi) is 4.26. The fourth-order valence-corrected chi connectivity index (χ4v) is 3.82. The van der Waals surface area contributed by atoms with Crippen LogP contribution in [-0.4, -0.2) is 38.7 Å². The first-order valence-corrected chi connectivity index (χ1v) is 9.71. The SMILES string of the molecule is CC(C)N(C)C(=O)c1cc(C2CC2)nc2c1cnn2C1CCCCC1. The summed E-state index contributed by atoms with van der Waals surface area (Å²) in [5.74, 6) is 0.600. The van der Waals surface area contributed by atoms with Gasteiger partial charge in [-0.3, -0.25) is 4.79 Å². The summed E-state index contributed by atoms with van der Waals surface area (Å²) >= 11 is 0. The second kappa shape index (κ2) is 6.43. The second-order valence-electron chi connectivity index (χ2n) is 8.00. The summed E-state index contributed by atoms with van der Waals surface area (Å²) < 4.78 is 2.10. The lowest BCUT2D eigenvalue weighted by atomic mass is 9.95.